The fourth-order valence-electron chi connectivity index (χ4n) is 5.21. The van der Waals surface area contributed by atoms with E-state index in [-0.39, 0.29) is 52.1 Å². The van der Waals surface area contributed by atoms with E-state index in [4.69, 9.17) is 21.1 Å². The van der Waals surface area contributed by atoms with Crippen LogP contribution in [0.5, 0.6) is 5.75 Å². The van der Waals surface area contributed by atoms with E-state index in [9.17, 15) is 26.7 Å². The van der Waals surface area contributed by atoms with Crippen LogP contribution >= 0.6 is 22.9 Å². The van der Waals surface area contributed by atoms with Crippen molar-refractivity contribution >= 4 is 54.6 Å². The van der Waals surface area contributed by atoms with Crippen molar-refractivity contribution < 1.29 is 36.2 Å². The lowest BCUT2D eigenvalue weighted by Crippen LogP contribution is -2.48. The summed E-state index contributed by atoms with van der Waals surface area (Å²) in [6.45, 7) is 5.63. The summed E-state index contributed by atoms with van der Waals surface area (Å²) in [5, 5.41) is 12.3. The monoisotopic (exact) mass is 727 g/mol. The molecule has 11 nitrogen and oxygen atoms in total. The van der Waals surface area contributed by atoms with E-state index in [0.717, 1.165) is 17.8 Å². The first-order chi connectivity index (χ1) is 22.2. The number of carbonyl (C=O) groups is 1. The Bertz CT molecular complexity index is 1700. The summed E-state index contributed by atoms with van der Waals surface area (Å²) in [4.78, 5) is 15.9. The number of likely N-dealkylation sites (N-methyl/N-ethyl adjacent to an activating group) is 1. The lowest BCUT2D eigenvalue weighted by atomic mass is 10.0. The molecule has 0 aliphatic carbocycles. The molecule has 0 unspecified atom stereocenters. The quantitative estimate of drug-likeness (QED) is 0.302. The van der Waals surface area contributed by atoms with E-state index in [0.29, 0.717) is 30.2 Å². The van der Waals surface area contributed by atoms with Crippen LogP contribution in [0.2, 0.25) is 5.02 Å². The van der Waals surface area contributed by atoms with Crippen molar-refractivity contribution in [2.24, 2.45) is 5.92 Å². The van der Waals surface area contributed by atoms with Crippen molar-refractivity contribution in [3.8, 4) is 5.75 Å². The predicted molar refractivity (Wildman–Crippen MR) is 183 cm³/mol. The Morgan fingerprint density at radius 3 is 2.49 bits per heavy atom. The Kier molecular flexibility index (Phi) is 12.7. The number of anilines is 1. The van der Waals surface area contributed by atoms with Crippen molar-refractivity contribution in [1.29, 1.82) is 0 Å². The summed E-state index contributed by atoms with van der Waals surface area (Å²) in [5.41, 5.74) is 0.315. The SMILES string of the molecule is C[C@@H]1CCCCO[C@H](CN(C)S(=O)(=O)c2ccc(Cl)cc2)[C@@H](C)CN([C@H](C)CO)C(=O)c2cc(NS(=O)(=O)c3cccs3)ccc2O1. The number of fused-ring (bicyclic) bond motifs is 1. The van der Waals surface area contributed by atoms with Crippen LogP contribution in [0, 0.1) is 5.92 Å². The molecule has 2 aromatic carbocycles. The molecule has 4 atom stereocenters. The maximum atomic E-state index is 14.3. The van der Waals surface area contributed by atoms with E-state index in [1.54, 1.807) is 30.5 Å². The summed E-state index contributed by atoms with van der Waals surface area (Å²) in [7, 11) is -6.27. The van der Waals surface area contributed by atoms with Gasteiger partial charge in [0.1, 0.15) is 9.96 Å². The molecule has 4 rings (SSSR count). The second-order valence-corrected chi connectivity index (χ2v) is 17.1. The number of benzene rings is 2. The summed E-state index contributed by atoms with van der Waals surface area (Å²) in [5.74, 6) is -0.554. The van der Waals surface area contributed by atoms with Crippen LogP contribution in [0.4, 0.5) is 5.69 Å². The molecule has 0 saturated heterocycles. The number of nitrogens with one attached hydrogen (secondary N) is 1. The Morgan fingerprint density at radius 1 is 1.11 bits per heavy atom. The maximum Gasteiger partial charge on any atom is 0.271 e. The summed E-state index contributed by atoms with van der Waals surface area (Å²) >= 11 is 7.04. The molecule has 0 fully saturated rings. The third-order valence-electron chi connectivity index (χ3n) is 8.02. The molecule has 2 heterocycles. The van der Waals surface area contributed by atoms with Crippen molar-refractivity contribution in [2.45, 2.75) is 67.4 Å². The van der Waals surface area contributed by atoms with Crippen molar-refractivity contribution in [2.75, 3.05) is 38.1 Å². The standard InChI is InChI=1S/C32H42ClN3O8S3/c1-22-19-36(23(2)21-37)32(38)28-18-26(34-46(39,40)31-9-7-17-45-31)12-15-29(28)44-24(3)8-5-6-16-43-30(22)20-35(4)47(41,42)27-13-10-25(33)11-14-27/h7,9-15,17-18,22-24,30,34,37H,5-6,8,16,19-21H2,1-4H3/t22-,23+,24+,30+/m0/s1. The van der Waals surface area contributed by atoms with Crippen LogP contribution in [0.1, 0.15) is 50.4 Å². The van der Waals surface area contributed by atoms with Gasteiger partial charge in [-0.15, -0.1) is 11.3 Å². The van der Waals surface area contributed by atoms with E-state index in [1.165, 1.54) is 52.7 Å². The topological polar surface area (TPSA) is 143 Å². The zero-order chi connectivity index (χ0) is 34.4. The Morgan fingerprint density at radius 2 is 1.83 bits per heavy atom. The third kappa shape index (κ3) is 9.46. The van der Waals surface area contributed by atoms with Gasteiger partial charge in [-0.3, -0.25) is 9.52 Å². The number of nitrogens with zero attached hydrogens (tertiary/aromatic N) is 2. The first-order valence-electron chi connectivity index (χ1n) is 15.3. The highest BCUT2D eigenvalue weighted by molar-refractivity contribution is 7.94. The Balaban J connectivity index is 1.67. The molecule has 47 heavy (non-hydrogen) atoms. The zero-order valence-electron chi connectivity index (χ0n) is 26.8. The number of sulfonamides is 2. The predicted octanol–water partition coefficient (Wildman–Crippen LogP) is 5.32. The van der Waals surface area contributed by atoms with Gasteiger partial charge in [0.05, 0.1) is 35.3 Å². The van der Waals surface area contributed by atoms with Crippen molar-refractivity contribution in [3.63, 3.8) is 0 Å². The largest absolute Gasteiger partial charge is 0.490 e. The number of hydrogen-bond donors (Lipinski definition) is 2. The van der Waals surface area contributed by atoms with Crippen molar-refractivity contribution in [1.82, 2.24) is 9.21 Å². The molecule has 0 bridgehead atoms. The van der Waals surface area contributed by atoms with Gasteiger partial charge in [-0.1, -0.05) is 24.6 Å². The van der Waals surface area contributed by atoms with Gasteiger partial charge in [0, 0.05) is 43.4 Å². The number of carbonyl (C=O) groups excluding carboxylic acids is 1. The number of rotatable bonds is 9. The highest BCUT2D eigenvalue weighted by atomic mass is 35.5. The number of aliphatic hydroxyl groups excluding tert-OH is 1. The molecule has 3 aromatic rings. The number of ether oxygens (including phenoxy) is 2. The van der Waals surface area contributed by atoms with E-state index >= 15 is 0 Å². The first kappa shape index (κ1) is 37.1. The van der Waals surface area contributed by atoms with E-state index in [1.807, 2.05) is 13.8 Å². The molecule has 0 saturated carbocycles. The smallest absolute Gasteiger partial charge is 0.271 e. The number of thiophene rings is 1. The van der Waals surface area contributed by atoms with Gasteiger partial charge in [0.2, 0.25) is 10.0 Å². The Hall–Kier alpha value is -2.72. The molecule has 1 aromatic heterocycles. The fourth-order valence-corrected chi connectivity index (χ4v) is 8.56. The fraction of sp³-hybridized carbons (Fsp3) is 0.469. The number of hydrogen-bond acceptors (Lipinski definition) is 9. The van der Waals surface area contributed by atoms with Gasteiger partial charge in [0.25, 0.3) is 15.9 Å². The minimum absolute atomic E-state index is 0.0202. The van der Waals surface area contributed by atoms with Gasteiger partial charge >= 0.3 is 0 Å². The van der Waals surface area contributed by atoms with Crippen LogP contribution in [0.3, 0.4) is 0 Å². The number of aliphatic hydroxyl groups is 1. The normalized spacial score (nSPS) is 21.0. The highest BCUT2D eigenvalue weighted by Gasteiger charge is 2.32. The van der Waals surface area contributed by atoms with Crippen LogP contribution < -0.4 is 9.46 Å². The summed E-state index contributed by atoms with van der Waals surface area (Å²) < 4.78 is 69.2. The second-order valence-electron chi connectivity index (χ2n) is 11.8. The molecule has 15 heteroatoms. The highest BCUT2D eigenvalue weighted by Crippen LogP contribution is 2.30. The van der Waals surface area contributed by atoms with E-state index in [2.05, 4.69) is 4.72 Å². The summed E-state index contributed by atoms with van der Waals surface area (Å²) in [6, 6.07) is 13.0. The molecule has 1 aliphatic heterocycles. The maximum absolute atomic E-state index is 14.3. The van der Waals surface area contributed by atoms with Gasteiger partial charge in [-0.05, 0) is 87.0 Å². The summed E-state index contributed by atoms with van der Waals surface area (Å²) in [6.07, 6.45) is 1.26. The van der Waals surface area contributed by atoms with Gasteiger partial charge in [-0.2, -0.15) is 4.31 Å². The molecule has 1 aliphatic rings. The molecule has 1 amide bonds. The number of halogens is 1. The lowest BCUT2D eigenvalue weighted by molar-refractivity contribution is -0.00833. The Labute approximate surface area is 286 Å². The van der Waals surface area contributed by atoms with Gasteiger partial charge < -0.3 is 19.5 Å². The van der Waals surface area contributed by atoms with Crippen molar-refractivity contribution in [3.05, 3.63) is 70.6 Å². The molecule has 0 radical (unpaired) electrons. The molecular formula is C32H42ClN3O8S3. The van der Waals surface area contributed by atoms with Gasteiger partial charge in [-0.25, -0.2) is 16.8 Å². The average molecular weight is 728 g/mol. The number of amides is 1. The van der Waals surface area contributed by atoms with Crippen LogP contribution in [-0.4, -0.2) is 88.7 Å². The minimum atomic E-state index is -3.88. The average Bonchev–Trinajstić information content (AvgIpc) is 3.59. The molecule has 258 valence electrons. The minimum Gasteiger partial charge on any atom is -0.490 e. The molecule has 0 spiro atoms. The van der Waals surface area contributed by atoms with Gasteiger partial charge in [0.15, 0.2) is 0 Å². The zero-order valence-corrected chi connectivity index (χ0v) is 30.0. The van der Waals surface area contributed by atoms with Crippen LogP contribution in [0.25, 0.3) is 0 Å². The second kappa shape index (κ2) is 16.1. The molecular weight excluding hydrogens is 686 g/mol. The van der Waals surface area contributed by atoms with Crippen LogP contribution in [-0.2, 0) is 24.8 Å². The van der Waals surface area contributed by atoms with Crippen LogP contribution in [0.15, 0.2) is 69.1 Å². The molecule has 2 N–H and O–H groups in total. The first-order valence-corrected chi connectivity index (χ1v) is 19.5. The van der Waals surface area contributed by atoms with E-state index < -0.39 is 38.1 Å². The lowest BCUT2D eigenvalue weighted by Gasteiger charge is -2.35. The third-order valence-corrected chi connectivity index (χ3v) is 12.9.